The van der Waals surface area contributed by atoms with Crippen LogP contribution in [0.15, 0.2) is 95.8 Å². The van der Waals surface area contributed by atoms with Crippen LogP contribution < -0.4 is 10.3 Å². The highest BCUT2D eigenvalue weighted by molar-refractivity contribution is 6.30. The summed E-state index contributed by atoms with van der Waals surface area (Å²) in [5.41, 5.74) is 5.55. The van der Waals surface area contributed by atoms with Crippen LogP contribution in [0.1, 0.15) is 0 Å². The number of fused-ring (bicyclic) bond motifs is 1. The molecular formula is C28H21ClN2O2. The summed E-state index contributed by atoms with van der Waals surface area (Å²) in [5, 5.41) is 1.30. The molecule has 4 aromatic carbocycles. The minimum absolute atomic E-state index is 0.0967. The fourth-order valence-corrected chi connectivity index (χ4v) is 4.14. The average Bonchev–Trinajstić information content (AvgIpc) is 2.86. The summed E-state index contributed by atoms with van der Waals surface area (Å²) in [5.74, 6) is 1.25. The average molecular weight is 453 g/mol. The Morgan fingerprint density at radius 2 is 1.36 bits per heavy atom. The van der Waals surface area contributed by atoms with Crippen molar-refractivity contribution in [1.29, 1.82) is 0 Å². The lowest BCUT2D eigenvalue weighted by atomic mass is 9.99. The molecule has 0 N–H and O–H groups in total. The fraction of sp³-hybridized carbons (Fsp3) is 0.0714. The van der Waals surface area contributed by atoms with Crippen molar-refractivity contribution < 1.29 is 4.74 Å². The van der Waals surface area contributed by atoms with Gasteiger partial charge in [0.1, 0.15) is 11.6 Å². The van der Waals surface area contributed by atoms with E-state index in [-0.39, 0.29) is 5.56 Å². The van der Waals surface area contributed by atoms with Crippen molar-refractivity contribution in [1.82, 2.24) is 9.55 Å². The first-order valence-electron chi connectivity index (χ1n) is 10.6. The first-order valence-corrected chi connectivity index (χ1v) is 10.9. The summed E-state index contributed by atoms with van der Waals surface area (Å²) in [6.07, 6.45) is 0. The highest BCUT2D eigenvalue weighted by atomic mass is 35.5. The number of hydrogen-bond donors (Lipinski definition) is 0. The van der Waals surface area contributed by atoms with Gasteiger partial charge in [0.2, 0.25) is 0 Å². The lowest BCUT2D eigenvalue weighted by Gasteiger charge is -2.13. The van der Waals surface area contributed by atoms with E-state index in [0.717, 1.165) is 32.8 Å². The van der Waals surface area contributed by atoms with Crippen LogP contribution in [0.25, 0.3) is 44.5 Å². The lowest BCUT2D eigenvalue weighted by molar-refractivity contribution is 0.416. The molecule has 0 unspecified atom stereocenters. The van der Waals surface area contributed by atoms with Crippen LogP contribution >= 0.6 is 11.6 Å². The Balaban J connectivity index is 1.56. The van der Waals surface area contributed by atoms with Crippen LogP contribution in [-0.2, 0) is 7.05 Å². The number of nitrogens with zero attached hydrogens (tertiary/aromatic N) is 2. The van der Waals surface area contributed by atoms with Crippen molar-refractivity contribution in [3.05, 3.63) is 106 Å². The minimum Gasteiger partial charge on any atom is -0.496 e. The molecule has 5 heteroatoms. The fourth-order valence-electron chi connectivity index (χ4n) is 4.02. The van der Waals surface area contributed by atoms with Crippen molar-refractivity contribution in [3.63, 3.8) is 0 Å². The predicted molar refractivity (Wildman–Crippen MR) is 135 cm³/mol. The Labute approximate surface area is 196 Å². The molecule has 0 amide bonds. The molecule has 33 heavy (non-hydrogen) atoms. The van der Waals surface area contributed by atoms with E-state index in [2.05, 4.69) is 24.3 Å². The van der Waals surface area contributed by atoms with Crippen LogP contribution in [0.4, 0.5) is 0 Å². The molecule has 5 rings (SSSR count). The maximum absolute atomic E-state index is 13.2. The zero-order valence-electron chi connectivity index (χ0n) is 18.2. The quantitative estimate of drug-likeness (QED) is 0.308. The number of benzene rings is 4. The van der Waals surface area contributed by atoms with E-state index in [9.17, 15) is 4.79 Å². The van der Waals surface area contributed by atoms with Crippen LogP contribution in [0, 0.1) is 0 Å². The largest absolute Gasteiger partial charge is 0.496 e. The van der Waals surface area contributed by atoms with Crippen LogP contribution in [0.3, 0.4) is 0 Å². The molecule has 162 valence electrons. The van der Waals surface area contributed by atoms with Crippen LogP contribution in [0.2, 0.25) is 5.02 Å². The molecule has 0 aliphatic heterocycles. The van der Waals surface area contributed by atoms with E-state index in [1.807, 2.05) is 66.7 Å². The van der Waals surface area contributed by atoms with Crippen molar-refractivity contribution in [2.45, 2.75) is 0 Å². The summed E-state index contributed by atoms with van der Waals surface area (Å²) < 4.78 is 7.05. The van der Waals surface area contributed by atoms with E-state index in [4.69, 9.17) is 21.3 Å². The lowest BCUT2D eigenvalue weighted by Crippen LogP contribution is -2.20. The second kappa shape index (κ2) is 8.57. The topological polar surface area (TPSA) is 44.1 Å². The molecule has 1 heterocycles. The number of methoxy groups -OCH3 is 1. The standard InChI is InChI=1S/C28H21ClN2O2/c1-31-27(23-5-3-4-6-26(23)33-2)30-25-16-13-21(17-24(25)28(31)32)20-9-7-18(8-10-20)19-11-14-22(29)15-12-19/h3-17H,1-2H3. The zero-order chi connectivity index (χ0) is 22.9. The third-order valence-electron chi connectivity index (χ3n) is 5.82. The van der Waals surface area contributed by atoms with E-state index in [0.29, 0.717) is 22.5 Å². The van der Waals surface area contributed by atoms with Gasteiger partial charge in [-0.05, 0) is 58.7 Å². The van der Waals surface area contributed by atoms with Gasteiger partial charge in [0.05, 0.1) is 23.6 Å². The number of rotatable bonds is 4. The van der Waals surface area contributed by atoms with Gasteiger partial charge in [0, 0.05) is 12.1 Å². The van der Waals surface area contributed by atoms with Crippen molar-refractivity contribution in [2.75, 3.05) is 7.11 Å². The Morgan fingerprint density at radius 3 is 2.03 bits per heavy atom. The van der Waals surface area contributed by atoms with Crippen LogP contribution in [-0.4, -0.2) is 16.7 Å². The highest BCUT2D eigenvalue weighted by Gasteiger charge is 2.14. The SMILES string of the molecule is COc1ccccc1-c1nc2ccc(-c3ccc(-c4ccc(Cl)cc4)cc3)cc2c(=O)n1C. The summed E-state index contributed by atoms with van der Waals surface area (Å²) in [4.78, 5) is 18.0. The molecule has 0 atom stereocenters. The van der Waals surface area contributed by atoms with Crippen molar-refractivity contribution in [3.8, 4) is 39.4 Å². The smallest absolute Gasteiger partial charge is 0.261 e. The molecule has 0 radical (unpaired) electrons. The van der Waals surface area contributed by atoms with Crippen LogP contribution in [0.5, 0.6) is 5.75 Å². The molecule has 0 aliphatic carbocycles. The van der Waals surface area contributed by atoms with Crippen molar-refractivity contribution >= 4 is 22.5 Å². The monoisotopic (exact) mass is 452 g/mol. The molecule has 0 spiro atoms. The maximum Gasteiger partial charge on any atom is 0.261 e. The number of hydrogen-bond acceptors (Lipinski definition) is 3. The van der Waals surface area contributed by atoms with E-state index in [1.54, 1.807) is 18.7 Å². The van der Waals surface area contributed by atoms with E-state index >= 15 is 0 Å². The van der Waals surface area contributed by atoms with E-state index < -0.39 is 0 Å². The zero-order valence-corrected chi connectivity index (χ0v) is 19.0. The van der Waals surface area contributed by atoms with Gasteiger partial charge in [0.25, 0.3) is 5.56 Å². The van der Waals surface area contributed by atoms with Gasteiger partial charge in [-0.25, -0.2) is 4.98 Å². The number of ether oxygens (including phenoxy) is 1. The van der Waals surface area contributed by atoms with Gasteiger partial charge >= 0.3 is 0 Å². The van der Waals surface area contributed by atoms with E-state index in [1.165, 1.54) is 0 Å². The highest BCUT2D eigenvalue weighted by Crippen LogP contribution is 2.30. The summed E-state index contributed by atoms with van der Waals surface area (Å²) >= 11 is 6.00. The third-order valence-corrected chi connectivity index (χ3v) is 6.07. The van der Waals surface area contributed by atoms with Gasteiger partial charge in [-0.1, -0.05) is 66.2 Å². The normalized spacial score (nSPS) is 11.0. The molecule has 0 saturated carbocycles. The third kappa shape index (κ3) is 3.90. The Hall–Kier alpha value is -3.89. The van der Waals surface area contributed by atoms with Gasteiger partial charge in [-0.3, -0.25) is 9.36 Å². The van der Waals surface area contributed by atoms with Gasteiger partial charge in [0.15, 0.2) is 0 Å². The maximum atomic E-state index is 13.2. The second-order valence-electron chi connectivity index (χ2n) is 7.82. The van der Waals surface area contributed by atoms with Gasteiger partial charge < -0.3 is 4.74 Å². The van der Waals surface area contributed by atoms with Gasteiger partial charge in [-0.15, -0.1) is 0 Å². The summed E-state index contributed by atoms with van der Waals surface area (Å²) in [7, 11) is 3.35. The summed E-state index contributed by atoms with van der Waals surface area (Å²) in [6.45, 7) is 0. The molecular weight excluding hydrogens is 432 g/mol. The molecule has 4 nitrogen and oxygen atoms in total. The molecule has 1 aromatic heterocycles. The Morgan fingerprint density at radius 1 is 0.788 bits per heavy atom. The summed E-state index contributed by atoms with van der Waals surface area (Å²) in [6, 6.07) is 29.4. The Bertz CT molecular complexity index is 1520. The first kappa shape index (κ1) is 21.0. The predicted octanol–water partition coefficient (Wildman–Crippen LogP) is 6.60. The molecule has 0 fully saturated rings. The Kier molecular flexibility index (Phi) is 5.45. The number of aromatic nitrogens is 2. The number of halogens is 1. The molecule has 0 bridgehead atoms. The second-order valence-corrected chi connectivity index (χ2v) is 8.25. The first-order chi connectivity index (χ1) is 16.0. The molecule has 0 saturated heterocycles. The van der Waals surface area contributed by atoms with Crippen molar-refractivity contribution in [2.24, 2.45) is 7.05 Å². The molecule has 5 aromatic rings. The van der Waals surface area contributed by atoms with Gasteiger partial charge in [-0.2, -0.15) is 0 Å². The number of para-hydroxylation sites is 1. The molecule has 0 aliphatic rings. The minimum atomic E-state index is -0.0967.